The van der Waals surface area contributed by atoms with Crippen molar-refractivity contribution in [3.05, 3.63) is 65.0 Å². The van der Waals surface area contributed by atoms with E-state index < -0.39 is 0 Å². The average Bonchev–Trinajstić information content (AvgIpc) is 2.80. The molecule has 0 spiro atoms. The topological polar surface area (TPSA) is 30.7 Å². The van der Waals surface area contributed by atoms with E-state index in [2.05, 4.69) is 55.1 Å². The molecule has 0 saturated heterocycles. The van der Waals surface area contributed by atoms with E-state index in [0.29, 0.717) is 0 Å². The lowest BCUT2D eigenvalue weighted by molar-refractivity contribution is 0.854. The highest BCUT2D eigenvalue weighted by atomic mass is 15.4. The Kier molecular flexibility index (Phi) is 3.34. The van der Waals surface area contributed by atoms with E-state index in [0.717, 1.165) is 22.9 Å². The highest BCUT2D eigenvalue weighted by Crippen LogP contribution is 2.26. The van der Waals surface area contributed by atoms with Gasteiger partial charge in [-0.15, -0.1) is 0 Å². The molecular weight excluding hydrogens is 258 g/mol. The molecule has 0 saturated carbocycles. The number of rotatable bonds is 2. The minimum absolute atomic E-state index is 0.785. The van der Waals surface area contributed by atoms with E-state index in [-0.39, 0.29) is 0 Å². The SMILES string of the molecule is Cc1cc(C)c(-n2nc(C)nc2-c2ccccc2)c(C)c1. The quantitative estimate of drug-likeness (QED) is 0.704. The van der Waals surface area contributed by atoms with Crippen LogP contribution in [0.5, 0.6) is 0 Å². The van der Waals surface area contributed by atoms with Gasteiger partial charge in [-0.1, -0.05) is 48.0 Å². The van der Waals surface area contributed by atoms with Crippen molar-refractivity contribution >= 4 is 0 Å². The van der Waals surface area contributed by atoms with Crippen LogP contribution in [-0.2, 0) is 0 Å². The van der Waals surface area contributed by atoms with Crippen LogP contribution in [0.4, 0.5) is 0 Å². The predicted octanol–water partition coefficient (Wildman–Crippen LogP) is 4.17. The minimum atomic E-state index is 0.785. The van der Waals surface area contributed by atoms with Gasteiger partial charge in [0.15, 0.2) is 5.82 Å². The normalized spacial score (nSPS) is 10.9. The van der Waals surface area contributed by atoms with Crippen molar-refractivity contribution in [1.29, 1.82) is 0 Å². The lowest BCUT2D eigenvalue weighted by atomic mass is 10.0. The molecule has 0 amide bonds. The van der Waals surface area contributed by atoms with Crippen molar-refractivity contribution in [2.24, 2.45) is 0 Å². The molecule has 21 heavy (non-hydrogen) atoms. The summed E-state index contributed by atoms with van der Waals surface area (Å²) < 4.78 is 1.97. The number of aromatic nitrogens is 3. The highest BCUT2D eigenvalue weighted by molar-refractivity contribution is 5.60. The summed E-state index contributed by atoms with van der Waals surface area (Å²) in [4.78, 5) is 4.61. The lowest BCUT2D eigenvalue weighted by Crippen LogP contribution is -2.05. The van der Waals surface area contributed by atoms with Gasteiger partial charge < -0.3 is 0 Å². The number of hydrogen-bond acceptors (Lipinski definition) is 2. The molecule has 3 aromatic rings. The Balaban J connectivity index is 2.26. The zero-order valence-corrected chi connectivity index (χ0v) is 12.9. The van der Waals surface area contributed by atoms with E-state index in [1.165, 1.54) is 16.7 Å². The summed E-state index contributed by atoms with van der Waals surface area (Å²) in [5.74, 6) is 1.68. The van der Waals surface area contributed by atoms with E-state index in [1.807, 2.05) is 29.8 Å². The average molecular weight is 277 g/mol. The summed E-state index contributed by atoms with van der Waals surface area (Å²) in [7, 11) is 0. The van der Waals surface area contributed by atoms with E-state index in [4.69, 9.17) is 0 Å². The first-order valence-electron chi connectivity index (χ1n) is 7.13. The fourth-order valence-electron chi connectivity index (χ4n) is 2.85. The molecule has 0 aliphatic carbocycles. The molecule has 1 aromatic heterocycles. The molecule has 2 aromatic carbocycles. The summed E-state index contributed by atoms with van der Waals surface area (Å²) in [5.41, 5.74) is 5.91. The number of hydrogen-bond donors (Lipinski definition) is 0. The van der Waals surface area contributed by atoms with Crippen LogP contribution in [0, 0.1) is 27.7 Å². The molecule has 0 bridgehead atoms. The molecule has 106 valence electrons. The maximum atomic E-state index is 4.61. The Morgan fingerprint density at radius 1 is 0.857 bits per heavy atom. The predicted molar refractivity (Wildman–Crippen MR) is 85.7 cm³/mol. The van der Waals surface area contributed by atoms with Gasteiger partial charge in [0, 0.05) is 5.56 Å². The standard InChI is InChI=1S/C18H19N3/c1-12-10-13(2)17(14(3)11-12)21-18(19-15(4)20-21)16-8-6-5-7-9-16/h5-11H,1-4H3. The maximum absolute atomic E-state index is 4.61. The van der Waals surface area contributed by atoms with Crippen LogP contribution < -0.4 is 0 Å². The van der Waals surface area contributed by atoms with Crippen LogP contribution in [0.15, 0.2) is 42.5 Å². The molecule has 0 N–H and O–H groups in total. The van der Waals surface area contributed by atoms with Crippen molar-refractivity contribution in [3.63, 3.8) is 0 Å². The number of benzene rings is 2. The summed E-state index contributed by atoms with van der Waals surface area (Å²) in [6, 6.07) is 14.6. The third-order valence-corrected chi connectivity index (χ3v) is 3.59. The lowest BCUT2D eigenvalue weighted by Gasteiger charge is -2.13. The Morgan fingerprint density at radius 3 is 2.10 bits per heavy atom. The molecule has 3 heteroatoms. The summed E-state index contributed by atoms with van der Waals surface area (Å²) >= 11 is 0. The molecule has 3 rings (SSSR count). The molecule has 0 fully saturated rings. The van der Waals surface area contributed by atoms with Crippen molar-refractivity contribution in [2.45, 2.75) is 27.7 Å². The number of nitrogens with zero attached hydrogens (tertiary/aromatic N) is 3. The van der Waals surface area contributed by atoms with Crippen LogP contribution in [0.3, 0.4) is 0 Å². The van der Waals surface area contributed by atoms with Crippen molar-refractivity contribution in [3.8, 4) is 17.1 Å². The second kappa shape index (κ2) is 5.17. The summed E-state index contributed by atoms with van der Waals surface area (Å²) in [6.45, 7) is 8.30. The summed E-state index contributed by atoms with van der Waals surface area (Å²) in [6.07, 6.45) is 0. The van der Waals surface area contributed by atoms with Crippen LogP contribution in [-0.4, -0.2) is 14.8 Å². The summed E-state index contributed by atoms with van der Waals surface area (Å²) in [5, 5.41) is 4.61. The molecule has 0 atom stereocenters. The second-order valence-corrected chi connectivity index (χ2v) is 5.51. The van der Waals surface area contributed by atoms with Gasteiger partial charge in [0.05, 0.1) is 5.69 Å². The molecule has 3 nitrogen and oxygen atoms in total. The van der Waals surface area contributed by atoms with Crippen LogP contribution >= 0.6 is 0 Å². The molecule has 0 aliphatic heterocycles. The Morgan fingerprint density at radius 2 is 1.48 bits per heavy atom. The first kappa shape index (κ1) is 13.6. The monoisotopic (exact) mass is 277 g/mol. The fourth-order valence-corrected chi connectivity index (χ4v) is 2.85. The van der Waals surface area contributed by atoms with E-state index in [1.54, 1.807) is 0 Å². The fraction of sp³-hybridized carbons (Fsp3) is 0.222. The Bertz CT molecular complexity index is 762. The van der Waals surface area contributed by atoms with Gasteiger partial charge >= 0.3 is 0 Å². The van der Waals surface area contributed by atoms with E-state index >= 15 is 0 Å². The zero-order chi connectivity index (χ0) is 15.0. The van der Waals surface area contributed by atoms with Gasteiger partial charge in [-0.25, -0.2) is 9.67 Å². The van der Waals surface area contributed by atoms with Crippen molar-refractivity contribution in [1.82, 2.24) is 14.8 Å². The van der Waals surface area contributed by atoms with Crippen molar-refractivity contribution in [2.75, 3.05) is 0 Å². The van der Waals surface area contributed by atoms with Crippen molar-refractivity contribution < 1.29 is 0 Å². The van der Waals surface area contributed by atoms with Gasteiger partial charge in [0.2, 0.25) is 0 Å². The van der Waals surface area contributed by atoms with Crippen LogP contribution in [0.2, 0.25) is 0 Å². The molecule has 0 aliphatic rings. The van der Waals surface area contributed by atoms with Gasteiger partial charge in [-0.05, 0) is 38.8 Å². The van der Waals surface area contributed by atoms with Gasteiger partial charge in [-0.2, -0.15) is 5.10 Å². The molecule has 1 heterocycles. The molecule has 0 radical (unpaired) electrons. The maximum Gasteiger partial charge on any atom is 0.163 e. The van der Waals surface area contributed by atoms with E-state index in [9.17, 15) is 0 Å². The first-order valence-corrected chi connectivity index (χ1v) is 7.13. The smallest absolute Gasteiger partial charge is 0.163 e. The molecular formula is C18H19N3. The first-order chi connectivity index (χ1) is 10.1. The van der Waals surface area contributed by atoms with Gasteiger partial charge in [0.25, 0.3) is 0 Å². The third-order valence-electron chi connectivity index (χ3n) is 3.59. The Hall–Kier alpha value is -2.42. The third kappa shape index (κ3) is 2.47. The second-order valence-electron chi connectivity index (χ2n) is 5.51. The minimum Gasteiger partial charge on any atom is -0.212 e. The molecule has 0 unspecified atom stereocenters. The van der Waals surface area contributed by atoms with Gasteiger partial charge in [-0.3, -0.25) is 0 Å². The van der Waals surface area contributed by atoms with Gasteiger partial charge in [0.1, 0.15) is 5.82 Å². The van der Waals surface area contributed by atoms with Crippen LogP contribution in [0.25, 0.3) is 17.1 Å². The highest BCUT2D eigenvalue weighted by Gasteiger charge is 2.15. The Labute approximate surface area is 125 Å². The largest absolute Gasteiger partial charge is 0.212 e. The van der Waals surface area contributed by atoms with Crippen LogP contribution in [0.1, 0.15) is 22.5 Å². The number of aryl methyl sites for hydroxylation is 4. The zero-order valence-electron chi connectivity index (χ0n) is 12.9.